The number of hydrogen-bond donors (Lipinski definition) is 0. The van der Waals surface area contributed by atoms with E-state index in [1.54, 1.807) is 0 Å². The molecule has 0 amide bonds. The molecule has 1 aliphatic rings. The second-order valence-corrected chi connectivity index (χ2v) is 6.05. The summed E-state index contributed by atoms with van der Waals surface area (Å²) in [5.74, 6) is 0.361. The summed E-state index contributed by atoms with van der Waals surface area (Å²) in [6.07, 6.45) is 5.78. The van der Waals surface area contributed by atoms with E-state index in [1.807, 2.05) is 55.5 Å². The van der Waals surface area contributed by atoms with Crippen molar-refractivity contribution in [3.05, 3.63) is 65.0 Å². The van der Waals surface area contributed by atoms with Crippen LogP contribution < -0.4 is 0 Å². The smallest absolute Gasteiger partial charge is 0.343 e. The molecule has 1 aromatic carbocycles. The van der Waals surface area contributed by atoms with Gasteiger partial charge in [-0.15, -0.1) is 0 Å². The van der Waals surface area contributed by atoms with Crippen LogP contribution in [-0.4, -0.2) is 5.97 Å². The number of ether oxygens (including phenoxy) is 1. The van der Waals surface area contributed by atoms with Gasteiger partial charge in [-0.3, -0.25) is 0 Å². The number of rotatable bonds is 2. The van der Waals surface area contributed by atoms with Crippen molar-refractivity contribution in [3.8, 4) is 0 Å². The predicted octanol–water partition coefficient (Wildman–Crippen LogP) is 4.50. The summed E-state index contributed by atoms with van der Waals surface area (Å²) < 4.78 is 5.35. The first kappa shape index (κ1) is 14.3. The average molecular weight is 268 g/mol. The summed E-state index contributed by atoms with van der Waals surface area (Å²) in [7, 11) is 0. The number of hydrogen-bond acceptors (Lipinski definition) is 2. The second kappa shape index (κ2) is 5.49. The van der Waals surface area contributed by atoms with Gasteiger partial charge in [-0.05, 0) is 24.0 Å². The molecule has 0 spiro atoms. The Labute approximate surface area is 120 Å². The molecule has 0 radical (unpaired) electrons. The van der Waals surface area contributed by atoms with Crippen molar-refractivity contribution in [1.29, 1.82) is 0 Å². The lowest BCUT2D eigenvalue weighted by molar-refractivity contribution is -0.132. The monoisotopic (exact) mass is 268 g/mol. The number of carbonyl (C=O) groups is 1. The highest BCUT2D eigenvalue weighted by Gasteiger charge is 2.25. The first-order valence-corrected chi connectivity index (χ1v) is 6.76. The minimum atomic E-state index is -0.273. The summed E-state index contributed by atoms with van der Waals surface area (Å²) in [4.78, 5) is 11.9. The number of allylic oxidation sites excluding steroid dienone is 2. The van der Waals surface area contributed by atoms with Crippen molar-refractivity contribution in [2.75, 3.05) is 0 Å². The quantitative estimate of drug-likeness (QED) is 0.738. The fourth-order valence-electron chi connectivity index (χ4n) is 1.88. The molecule has 0 saturated carbocycles. The molecule has 104 valence electrons. The lowest BCUT2D eigenvalue weighted by atomic mass is 9.94. The Bertz CT molecular complexity index is 596. The zero-order valence-electron chi connectivity index (χ0n) is 12.4. The number of carbonyl (C=O) groups excluding carboxylic acids is 1. The fourth-order valence-corrected chi connectivity index (χ4v) is 1.88. The van der Waals surface area contributed by atoms with Crippen molar-refractivity contribution >= 4 is 12.0 Å². The zero-order valence-corrected chi connectivity index (χ0v) is 12.4. The van der Waals surface area contributed by atoms with Gasteiger partial charge in [-0.25, -0.2) is 4.79 Å². The molecule has 1 aliphatic heterocycles. The molecule has 0 atom stereocenters. The summed E-state index contributed by atoms with van der Waals surface area (Å²) in [6.45, 7) is 8.21. The molecule has 0 bridgehead atoms. The van der Waals surface area contributed by atoms with E-state index < -0.39 is 0 Å². The summed E-state index contributed by atoms with van der Waals surface area (Å²) in [5.41, 5.74) is 2.59. The highest BCUT2D eigenvalue weighted by molar-refractivity contribution is 5.98. The number of esters is 1. The van der Waals surface area contributed by atoms with E-state index >= 15 is 0 Å². The van der Waals surface area contributed by atoms with Crippen LogP contribution in [0.2, 0.25) is 0 Å². The van der Waals surface area contributed by atoms with Gasteiger partial charge in [0.15, 0.2) is 0 Å². The lowest BCUT2D eigenvalue weighted by Gasteiger charge is -2.10. The molecule has 0 aromatic heterocycles. The maximum Gasteiger partial charge on any atom is 0.343 e. The Morgan fingerprint density at radius 2 is 1.75 bits per heavy atom. The number of benzene rings is 1. The van der Waals surface area contributed by atoms with E-state index in [-0.39, 0.29) is 11.4 Å². The Balaban J connectivity index is 2.32. The third kappa shape index (κ3) is 3.47. The van der Waals surface area contributed by atoms with Crippen molar-refractivity contribution in [2.45, 2.75) is 27.7 Å². The van der Waals surface area contributed by atoms with Crippen molar-refractivity contribution in [1.82, 2.24) is 0 Å². The second-order valence-electron chi connectivity index (χ2n) is 6.05. The third-order valence-corrected chi connectivity index (χ3v) is 3.04. The van der Waals surface area contributed by atoms with Gasteiger partial charge >= 0.3 is 5.97 Å². The lowest BCUT2D eigenvalue weighted by Crippen LogP contribution is -2.01. The van der Waals surface area contributed by atoms with Crippen molar-refractivity contribution in [2.24, 2.45) is 5.41 Å². The largest absolute Gasteiger partial charge is 0.423 e. The molecular formula is C18H20O2. The van der Waals surface area contributed by atoms with Crippen LogP contribution in [0.15, 0.2) is 59.4 Å². The molecule has 0 fully saturated rings. The molecule has 2 nitrogen and oxygen atoms in total. The average Bonchev–Trinajstić information content (AvgIpc) is 2.63. The van der Waals surface area contributed by atoms with Gasteiger partial charge in [0.2, 0.25) is 0 Å². The molecule has 0 N–H and O–H groups in total. The van der Waals surface area contributed by atoms with Crippen LogP contribution in [-0.2, 0) is 9.53 Å². The number of cyclic esters (lactones) is 1. The van der Waals surface area contributed by atoms with Crippen molar-refractivity contribution < 1.29 is 9.53 Å². The molecule has 0 saturated heterocycles. The van der Waals surface area contributed by atoms with E-state index in [4.69, 9.17) is 4.74 Å². The van der Waals surface area contributed by atoms with Crippen LogP contribution in [0.25, 0.3) is 6.08 Å². The SMILES string of the molecule is CC1=C(/C=C/C(C)(C)C)C(=O)O/C1=C\c1ccccc1. The molecule has 1 heterocycles. The topological polar surface area (TPSA) is 26.3 Å². The van der Waals surface area contributed by atoms with E-state index in [0.29, 0.717) is 11.3 Å². The van der Waals surface area contributed by atoms with Crippen molar-refractivity contribution in [3.63, 3.8) is 0 Å². The Morgan fingerprint density at radius 3 is 2.35 bits per heavy atom. The zero-order chi connectivity index (χ0) is 14.8. The molecule has 2 heteroatoms. The Morgan fingerprint density at radius 1 is 1.10 bits per heavy atom. The van der Waals surface area contributed by atoms with Gasteiger partial charge in [-0.1, -0.05) is 63.3 Å². The van der Waals surface area contributed by atoms with Gasteiger partial charge in [0, 0.05) is 5.57 Å². The van der Waals surface area contributed by atoms with Gasteiger partial charge < -0.3 is 4.74 Å². The van der Waals surface area contributed by atoms with Crippen LogP contribution in [0, 0.1) is 5.41 Å². The van der Waals surface area contributed by atoms with Crippen LogP contribution in [0.5, 0.6) is 0 Å². The summed E-state index contributed by atoms with van der Waals surface area (Å²) in [5, 5.41) is 0. The Kier molecular flexibility index (Phi) is 3.93. The molecular weight excluding hydrogens is 248 g/mol. The van der Waals surface area contributed by atoms with Gasteiger partial charge in [0.05, 0.1) is 5.57 Å². The van der Waals surface area contributed by atoms with E-state index in [2.05, 4.69) is 20.8 Å². The highest BCUT2D eigenvalue weighted by Crippen LogP contribution is 2.29. The first-order chi connectivity index (χ1) is 9.37. The highest BCUT2D eigenvalue weighted by atomic mass is 16.5. The predicted molar refractivity (Wildman–Crippen MR) is 81.8 cm³/mol. The normalized spacial score (nSPS) is 18.2. The maximum atomic E-state index is 11.9. The minimum Gasteiger partial charge on any atom is -0.423 e. The third-order valence-electron chi connectivity index (χ3n) is 3.04. The Hall–Kier alpha value is -2.09. The maximum absolute atomic E-state index is 11.9. The van der Waals surface area contributed by atoms with Gasteiger partial charge in [-0.2, -0.15) is 0 Å². The molecule has 20 heavy (non-hydrogen) atoms. The molecule has 2 rings (SSSR count). The fraction of sp³-hybridized carbons (Fsp3) is 0.278. The first-order valence-electron chi connectivity index (χ1n) is 6.76. The van der Waals surface area contributed by atoms with Crippen LogP contribution in [0.1, 0.15) is 33.3 Å². The van der Waals surface area contributed by atoms with E-state index in [1.165, 1.54) is 0 Å². The van der Waals surface area contributed by atoms with E-state index in [0.717, 1.165) is 11.1 Å². The molecule has 0 aliphatic carbocycles. The van der Waals surface area contributed by atoms with Gasteiger partial charge in [0.1, 0.15) is 5.76 Å². The van der Waals surface area contributed by atoms with E-state index in [9.17, 15) is 4.79 Å². The standard InChI is InChI=1S/C18H20O2/c1-13-15(10-11-18(2,3)4)17(19)20-16(13)12-14-8-6-5-7-9-14/h5-12H,1-4H3/b11-10+,16-12-. The van der Waals surface area contributed by atoms with Gasteiger partial charge in [0.25, 0.3) is 0 Å². The summed E-state index contributed by atoms with van der Waals surface area (Å²) in [6, 6.07) is 9.85. The molecule has 0 unspecified atom stereocenters. The molecule has 1 aromatic rings. The van der Waals surface area contributed by atoms with Crippen LogP contribution in [0.4, 0.5) is 0 Å². The minimum absolute atomic E-state index is 0.0411. The summed E-state index contributed by atoms with van der Waals surface area (Å²) >= 11 is 0. The van der Waals surface area contributed by atoms with Crippen LogP contribution >= 0.6 is 0 Å². The van der Waals surface area contributed by atoms with Crippen LogP contribution in [0.3, 0.4) is 0 Å².